The van der Waals surface area contributed by atoms with E-state index >= 15 is 0 Å². The molecule has 0 bridgehead atoms. The molecule has 9 rings (SSSR count). The van der Waals surface area contributed by atoms with Gasteiger partial charge in [0.05, 0.1) is 77.5 Å². The number of aryl methyl sites for hydroxylation is 1. The van der Waals surface area contributed by atoms with Gasteiger partial charge in [-0.1, -0.05) is 60.1 Å². The first kappa shape index (κ1) is 57.4. The summed E-state index contributed by atoms with van der Waals surface area (Å²) in [6, 6.07) is 37.6. The summed E-state index contributed by atoms with van der Waals surface area (Å²) < 4.78 is 53.2. The van der Waals surface area contributed by atoms with Gasteiger partial charge in [0.15, 0.2) is 0 Å². The minimum absolute atomic E-state index is 0.00499. The molecule has 19 nitrogen and oxygen atoms in total. The third-order valence-corrected chi connectivity index (χ3v) is 13.9. The molecular weight excluding hydrogens is 1110 g/mol. The highest BCUT2D eigenvalue weighted by molar-refractivity contribution is 7.22. The fourth-order valence-electron chi connectivity index (χ4n) is 7.88. The molecule has 1 amide bonds. The number of carbonyl (C=O) groups is 5. The van der Waals surface area contributed by atoms with Crippen LogP contribution in [0.5, 0.6) is 28.7 Å². The van der Waals surface area contributed by atoms with E-state index in [0.29, 0.717) is 62.9 Å². The Balaban J connectivity index is 0.953. The fraction of sp³-hybridized carbons (Fsp3) is 0.131. The lowest BCUT2D eigenvalue weighted by Crippen LogP contribution is -2.17. The van der Waals surface area contributed by atoms with E-state index in [1.165, 1.54) is 59.4 Å². The molecule has 0 aliphatic heterocycles. The number of rotatable bonds is 25. The molecule has 0 saturated carbocycles. The summed E-state index contributed by atoms with van der Waals surface area (Å²) in [5.41, 5.74) is 9.24. The molecule has 0 aliphatic rings. The van der Waals surface area contributed by atoms with Crippen LogP contribution in [0.1, 0.15) is 60.6 Å². The number of hydrogen-bond donors (Lipinski definition) is 3. The van der Waals surface area contributed by atoms with Crippen molar-refractivity contribution in [3.63, 3.8) is 0 Å². The Morgan fingerprint density at radius 2 is 1.25 bits per heavy atom. The number of nitrogens with zero attached hydrogens (tertiary/aromatic N) is 4. The topological polar surface area (TPSA) is 237 Å². The van der Waals surface area contributed by atoms with Gasteiger partial charge in [0.2, 0.25) is 16.1 Å². The Morgan fingerprint density at radius 1 is 0.627 bits per heavy atom. The standard InChI is InChI=1S/C61H50FN7O12S2/c1-5-55(70)78-26-8-25-77-47-20-16-39-29-41(13-12-40(39)30-47)59(74)80-51-23-17-44(28-36(51)2)65-56(71)48-31-43(35-64-68-60-66-49-10-6-7-11-53(49)82-60)52(32-42(48)34-63-69-61-67-50-22-21-46(75-4)33-54(50)83-61)81-58(73)38-14-18-45(19-15-38)76-24-9-27-79-57(72)37(3)62/h5-7,10-23,28-35H,1,3,8-9,24-27H2,2,4H3,(H,65,71)(H,66,68)(H,67,69)/b63-34+,64-35+. The summed E-state index contributed by atoms with van der Waals surface area (Å²) >= 11 is 2.71. The van der Waals surface area contributed by atoms with Crippen LogP contribution < -0.4 is 39.9 Å². The number of benzene rings is 7. The highest BCUT2D eigenvalue weighted by atomic mass is 32.1. The van der Waals surface area contributed by atoms with Gasteiger partial charge in [-0.15, -0.1) is 0 Å². The summed E-state index contributed by atoms with van der Waals surface area (Å²) in [5, 5.41) is 14.4. The summed E-state index contributed by atoms with van der Waals surface area (Å²) in [5.74, 6) is -2.83. The maximum atomic E-state index is 14.6. The van der Waals surface area contributed by atoms with Gasteiger partial charge in [-0.2, -0.15) is 14.6 Å². The van der Waals surface area contributed by atoms with Gasteiger partial charge in [0, 0.05) is 41.3 Å². The summed E-state index contributed by atoms with van der Waals surface area (Å²) in [6.45, 7) is 8.61. The number of anilines is 3. The molecule has 3 N–H and O–H groups in total. The predicted molar refractivity (Wildman–Crippen MR) is 317 cm³/mol. The predicted octanol–water partition coefficient (Wildman–Crippen LogP) is 12.3. The van der Waals surface area contributed by atoms with Crippen molar-refractivity contribution in [2.24, 2.45) is 10.2 Å². The van der Waals surface area contributed by atoms with Crippen molar-refractivity contribution < 1.29 is 61.5 Å². The molecule has 83 heavy (non-hydrogen) atoms. The van der Waals surface area contributed by atoms with Crippen LogP contribution in [0.2, 0.25) is 0 Å². The number of carbonyl (C=O) groups excluding carboxylic acids is 5. The van der Waals surface area contributed by atoms with Crippen LogP contribution in [0.3, 0.4) is 0 Å². The zero-order valence-corrected chi connectivity index (χ0v) is 46.1. The van der Waals surface area contributed by atoms with E-state index in [-0.39, 0.29) is 60.0 Å². The Hall–Kier alpha value is -10.3. The molecule has 0 unspecified atom stereocenters. The smallest absolute Gasteiger partial charge is 0.366 e. The first-order chi connectivity index (χ1) is 40.3. The van der Waals surface area contributed by atoms with Crippen LogP contribution in [0.4, 0.5) is 20.3 Å². The van der Waals surface area contributed by atoms with Gasteiger partial charge in [-0.25, -0.2) is 29.1 Å². The van der Waals surface area contributed by atoms with E-state index in [0.717, 1.165) is 31.8 Å². The average molecular weight is 1160 g/mol. The van der Waals surface area contributed by atoms with Crippen LogP contribution in [0, 0.1) is 6.92 Å². The van der Waals surface area contributed by atoms with Gasteiger partial charge in [-0.3, -0.25) is 15.6 Å². The number of amides is 1. The molecule has 2 heterocycles. The molecular formula is C61H50FN7O12S2. The van der Waals surface area contributed by atoms with Gasteiger partial charge < -0.3 is 38.5 Å². The van der Waals surface area contributed by atoms with Gasteiger partial charge in [0.1, 0.15) is 28.7 Å². The van der Waals surface area contributed by atoms with Gasteiger partial charge in [0.25, 0.3) is 5.91 Å². The maximum absolute atomic E-state index is 14.6. The molecule has 420 valence electrons. The number of halogens is 1. The molecule has 0 atom stereocenters. The quantitative estimate of drug-likeness (QED) is 0.0120. The van der Waals surface area contributed by atoms with Crippen molar-refractivity contribution >= 4 is 112 Å². The SMILES string of the molecule is C=CC(=O)OCCCOc1ccc2cc(C(=O)Oc3ccc(NC(=O)c4cc(/C=N/Nc5nc6ccccc6s5)c(OC(=O)c5ccc(OCCCOC(=O)C(=C)F)cc5)cc4/C=N/Nc4nc5ccc(OC)cc5s4)cc3C)ccc2c1. The largest absolute Gasteiger partial charge is 0.497 e. The van der Waals surface area contributed by atoms with Crippen molar-refractivity contribution in [2.45, 2.75) is 19.8 Å². The molecule has 0 radical (unpaired) electrons. The zero-order chi connectivity index (χ0) is 58.2. The third-order valence-electron chi connectivity index (χ3n) is 12.0. The maximum Gasteiger partial charge on any atom is 0.366 e. The van der Waals surface area contributed by atoms with Crippen molar-refractivity contribution in [3.05, 3.63) is 192 Å². The van der Waals surface area contributed by atoms with Crippen molar-refractivity contribution in [2.75, 3.05) is 49.7 Å². The number of fused-ring (bicyclic) bond motifs is 3. The lowest BCUT2D eigenvalue weighted by Gasteiger charge is -2.14. The third kappa shape index (κ3) is 15.3. The molecule has 0 fully saturated rings. The highest BCUT2D eigenvalue weighted by Gasteiger charge is 2.21. The first-order valence-corrected chi connectivity index (χ1v) is 27.1. The van der Waals surface area contributed by atoms with E-state index in [2.05, 4.69) is 49.5 Å². The molecule has 2 aromatic heterocycles. The summed E-state index contributed by atoms with van der Waals surface area (Å²) in [4.78, 5) is 73.9. The molecule has 7 aromatic carbocycles. The molecule has 0 aliphatic carbocycles. The van der Waals surface area contributed by atoms with Crippen LogP contribution in [-0.2, 0) is 19.1 Å². The zero-order valence-electron chi connectivity index (χ0n) is 44.5. The highest BCUT2D eigenvalue weighted by Crippen LogP contribution is 2.32. The van der Waals surface area contributed by atoms with Gasteiger partial charge in [-0.05, 0) is 132 Å². The van der Waals surface area contributed by atoms with Crippen LogP contribution in [0.25, 0.3) is 31.2 Å². The normalized spacial score (nSPS) is 11.1. The first-order valence-electron chi connectivity index (χ1n) is 25.4. The Labute approximate surface area is 481 Å². The lowest BCUT2D eigenvalue weighted by atomic mass is 10.0. The number of hydrogen-bond acceptors (Lipinski definition) is 20. The van der Waals surface area contributed by atoms with Crippen LogP contribution in [-0.4, -0.2) is 85.7 Å². The van der Waals surface area contributed by atoms with E-state index in [1.807, 2.05) is 48.5 Å². The summed E-state index contributed by atoms with van der Waals surface area (Å²) in [6.07, 6.45) is 4.66. The number of methoxy groups -OCH3 is 1. The number of para-hydroxylation sites is 1. The molecule has 0 saturated heterocycles. The minimum Gasteiger partial charge on any atom is -0.497 e. The molecule has 0 spiro atoms. The second kappa shape index (κ2) is 27.2. The minimum atomic E-state index is -1.19. The number of hydrazone groups is 2. The van der Waals surface area contributed by atoms with Crippen LogP contribution in [0.15, 0.2) is 169 Å². The average Bonchev–Trinajstić information content (AvgIpc) is 4.29. The molecule has 22 heteroatoms. The van der Waals surface area contributed by atoms with Crippen LogP contribution >= 0.6 is 22.7 Å². The number of esters is 4. The van der Waals surface area contributed by atoms with E-state index in [1.54, 1.807) is 74.7 Å². The Bertz CT molecular complexity index is 3960. The second-order valence-corrected chi connectivity index (χ2v) is 19.9. The molecule has 9 aromatic rings. The lowest BCUT2D eigenvalue weighted by molar-refractivity contribution is -0.141. The fourth-order valence-corrected chi connectivity index (χ4v) is 9.54. The number of ether oxygens (including phenoxy) is 7. The number of aromatic nitrogens is 2. The number of nitrogens with one attached hydrogen (secondary N) is 3. The number of thiazole rings is 2. The Kier molecular flexibility index (Phi) is 18.8. The van der Waals surface area contributed by atoms with E-state index < -0.39 is 35.6 Å². The van der Waals surface area contributed by atoms with Crippen molar-refractivity contribution in [1.29, 1.82) is 0 Å². The van der Waals surface area contributed by atoms with E-state index in [9.17, 15) is 28.4 Å². The Morgan fingerprint density at radius 3 is 1.98 bits per heavy atom. The van der Waals surface area contributed by atoms with E-state index in [4.69, 9.17) is 33.2 Å². The summed E-state index contributed by atoms with van der Waals surface area (Å²) in [7, 11) is 1.57. The monoisotopic (exact) mass is 1160 g/mol. The van der Waals surface area contributed by atoms with Gasteiger partial charge >= 0.3 is 23.9 Å². The second-order valence-electron chi connectivity index (χ2n) is 17.8. The van der Waals surface area contributed by atoms with Crippen molar-refractivity contribution in [3.8, 4) is 28.7 Å². The van der Waals surface area contributed by atoms with Crippen molar-refractivity contribution in [1.82, 2.24) is 9.97 Å².